The summed E-state index contributed by atoms with van der Waals surface area (Å²) < 4.78 is 0. The smallest absolute Gasteiger partial charge is 0.238 e. The Morgan fingerprint density at radius 3 is 1.10 bits per heavy atom. The number of aromatic nitrogens is 3. The van der Waals surface area contributed by atoms with Gasteiger partial charge in [0, 0.05) is 22.7 Å². The fourth-order valence-electron chi connectivity index (χ4n) is 9.20. The molecule has 0 radical (unpaired) electrons. The van der Waals surface area contributed by atoms with Gasteiger partial charge in [-0.25, -0.2) is 4.98 Å². The molecule has 0 saturated carbocycles. The van der Waals surface area contributed by atoms with E-state index < -0.39 is 0 Å². The summed E-state index contributed by atoms with van der Waals surface area (Å²) in [7, 11) is 0. The molecule has 0 bridgehead atoms. The molecule has 9 aromatic rings. The van der Waals surface area contributed by atoms with Crippen LogP contribution in [0, 0.1) is 41.5 Å². The third-order valence-electron chi connectivity index (χ3n) is 11.8. The third-order valence-corrected chi connectivity index (χ3v) is 11.8. The lowest BCUT2D eigenvalue weighted by atomic mass is 9.77. The van der Waals surface area contributed by atoms with E-state index in [2.05, 4.69) is 198 Å². The SMILES string of the molecule is Cc1cc(C)c(C(c2ccc(N(c3cc(-c4ccccc4)cc(-c4ccccc4)c3)c3nc(-c4ccccc4)nc(-c4ccccc4)n3)cc2)c2c(C)cc(C)cc2C)c(C)c1. The Labute approximate surface area is 366 Å². The summed E-state index contributed by atoms with van der Waals surface area (Å²) in [5, 5.41) is 0. The molecule has 0 atom stereocenters. The maximum absolute atomic E-state index is 5.31. The standard InChI is InChI=1S/C58H50N4/c1-38-31-40(3)53(41(4)32-38)55(54-42(5)33-39(2)34-43(54)6)46-27-29-51(30-28-46)62(52-36-49(44-19-11-7-12-20-44)35-50(37-52)45-21-13-8-14-22-45)58-60-56(47-23-15-9-16-24-47)59-57(61-58)48-25-17-10-18-26-48/h7-37,55H,1-6H3. The van der Waals surface area contributed by atoms with Gasteiger partial charge in [-0.1, -0.05) is 169 Å². The maximum atomic E-state index is 5.31. The minimum absolute atomic E-state index is 0.0383. The van der Waals surface area contributed by atoms with Gasteiger partial charge in [0.05, 0.1) is 5.69 Å². The second-order valence-corrected chi connectivity index (χ2v) is 16.5. The van der Waals surface area contributed by atoms with Crippen molar-refractivity contribution in [1.29, 1.82) is 0 Å². The van der Waals surface area contributed by atoms with Crippen LogP contribution in [0.15, 0.2) is 188 Å². The van der Waals surface area contributed by atoms with Crippen LogP contribution < -0.4 is 4.90 Å². The Hall–Kier alpha value is -7.43. The molecule has 9 rings (SSSR count). The Kier molecular flexibility index (Phi) is 11.1. The van der Waals surface area contributed by atoms with Crippen molar-refractivity contribution in [2.24, 2.45) is 0 Å². The molecule has 4 heteroatoms. The summed E-state index contributed by atoms with van der Waals surface area (Å²) in [6.45, 7) is 13.4. The monoisotopic (exact) mass is 802 g/mol. The van der Waals surface area contributed by atoms with Gasteiger partial charge < -0.3 is 0 Å². The molecular formula is C58H50N4. The molecule has 4 nitrogen and oxygen atoms in total. The van der Waals surface area contributed by atoms with E-state index in [0.717, 1.165) is 44.8 Å². The fourth-order valence-corrected chi connectivity index (χ4v) is 9.20. The maximum Gasteiger partial charge on any atom is 0.238 e. The summed E-state index contributed by atoms with van der Waals surface area (Å²) in [6, 6.07) is 66.7. The predicted octanol–water partition coefficient (Wildman–Crippen LogP) is 15.0. The molecule has 0 saturated heterocycles. The lowest BCUT2D eigenvalue weighted by molar-refractivity contribution is 0.919. The van der Waals surface area contributed by atoms with Gasteiger partial charge in [0.15, 0.2) is 11.6 Å². The van der Waals surface area contributed by atoms with Crippen molar-refractivity contribution in [3.05, 3.63) is 238 Å². The van der Waals surface area contributed by atoms with Crippen molar-refractivity contribution in [1.82, 2.24) is 15.0 Å². The Bertz CT molecular complexity index is 2650. The Balaban J connectivity index is 1.30. The molecule has 0 aliphatic heterocycles. The zero-order chi connectivity index (χ0) is 42.7. The molecule has 0 aliphatic carbocycles. The average Bonchev–Trinajstić information content (AvgIpc) is 3.29. The highest BCUT2D eigenvalue weighted by molar-refractivity contribution is 5.84. The summed E-state index contributed by atoms with van der Waals surface area (Å²) in [5.41, 5.74) is 19.9. The fraction of sp³-hybridized carbons (Fsp3) is 0.121. The molecule has 0 fully saturated rings. The molecule has 1 heterocycles. The highest BCUT2D eigenvalue weighted by atomic mass is 15.3. The van der Waals surface area contributed by atoms with Crippen LogP contribution in [0.1, 0.15) is 56.0 Å². The van der Waals surface area contributed by atoms with Crippen molar-refractivity contribution >= 4 is 17.3 Å². The van der Waals surface area contributed by atoms with E-state index >= 15 is 0 Å². The molecule has 1 aromatic heterocycles. The topological polar surface area (TPSA) is 41.9 Å². The van der Waals surface area contributed by atoms with Crippen LogP contribution >= 0.6 is 0 Å². The van der Waals surface area contributed by atoms with E-state index in [9.17, 15) is 0 Å². The minimum Gasteiger partial charge on any atom is -0.279 e. The average molecular weight is 803 g/mol. The van der Waals surface area contributed by atoms with E-state index in [4.69, 9.17) is 15.0 Å². The van der Waals surface area contributed by atoms with Gasteiger partial charge >= 0.3 is 0 Å². The van der Waals surface area contributed by atoms with E-state index in [0.29, 0.717) is 17.6 Å². The third kappa shape index (κ3) is 8.20. The summed E-state index contributed by atoms with van der Waals surface area (Å²) in [4.78, 5) is 17.9. The van der Waals surface area contributed by atoms with E-state index in [1.54, 1.807) is 0 Å². The van der Waals surface area contributed by atoms with Gasteiger partial charge in [-0.3, -0.25) is 4.90 Å². The normalized spacial score (nSPS) is 11.2. The van der Waals surface area contributed by atoms with Gasteiger partial charge in [-0.15, -0.1) is 0 Å². The zero-order valence-electron chi connectivity index (χ0n) is 36.3. The number of nitrogens with zero attached hydrogens (tertiary/aromatic N) is 4. The Morgan fingerprint density at radius 1 is 0.339 bits per heavy atom. The summed E-state index contributed by atoms with van der Waals surface area (Å²) >= 11 is 0. The number of anilines is 3. The van der Waals surface area contributed by atoms with Crippen molar-refractivity contribution in [2.75, 3.05) is 4.90 Å². The van der Waals surface area contributed by atoms with E-state index in [-0.39, 0.29) is 5.92 Å². The van der Waals surface area contributed by atoms with Crippen molar-refractivity contribution < 1.29 is 0 Å². The van der Waals surface area contributed by atoms with Crippen LogP contribution in [-0.2, 0) is 0 Å². The van der Waals surface area contributed by atoms with Crippen LogP contribution in [0.3, 0.4) is 0 Å². The molecule has 0 aliphatic rings. The molecule has 0 N–H and O–H groups in total. The van der Waals surface area contributed by atoms with Gasteiger partial charge in [0.1, 0.15) is 0 Å². The Morgan fingerprint density at radius 2 is 0.710 bits per heavy atom. The van der Waals surface area contributed by atoms with Crippen LogP contribution in [0.5, 0.6) is 0 Å². The summed E-state index contributed by atoms with van der Waals surface area (Å²) in [5.74, 6) is 1.78. The first-order chi connectivity index (χ1) is 30.2. The zero-order valence-corrected chi connectivity index (χ0v) is 36.3. The van der Waals surface area contributed by atoms with E-state index in [1.165, 1.54) is 50.1 Å². The van der Waals surface area contributed by atoms with Crippen LogP contribution in [0.2, 0.25) is 0 Å². The minimum atomic E-state index is 0.0383. The molecule has 0 spiro atoms. The first-order valence-corrected chi connectivity index (χ1v) is 21.4. The van der Waals surface area contributed by atoms with Crippen molar-refractivity contribution in [3.8, 4) is 45.0 Å². The number of hydrogen-bond donors (Lipinski definition) is 0. The number of rotatable bonds is 10. The molecular weight excluding hydrogens is 753 g/mol. The van der Waals surface area contributed by atoms with Crippen molar-refractivity contribution in [3.63, 3.8) is 0 Å². The molecule has 62 heavy (non-hydrogen) atoms. The second kappa shape index (κ2) is 17.3. The van der Waals surface area contributed by atoms with Crippen LogP contribution in [0.25, 0.3) is 45.0 Å². The quantitative estimate of drug-likeness (QED) is 0.129. The lowest BCUT2D eigenvalue weighted by Crippen LogP contribution is -2.16. The van der Waals surface area contributed by atoms with Crippen LogP contribution in [0.4, 0.5) is 17.3 Å². The van der Waals surface area contributed by atoms with Crippen LogP contribution in [-0.4, -0.2) is 15.0 Å². The second-order valence-electron chi connectivity index (χ2n) is 16.5. The van der Waals surface area contributed by atoms with Gasteiger partial charge in [-0.2, -0.15) is 9.97 Å². The van der Waals surface area contributed by atoms with Crippen molar-refractivity contribution in [2.45, 2.75) is 47.5 Å². The number of benzene rings is 8. The summed E-state index contributed by atoms with van der Waals surface area (Å²) in [6.07, 6.45) is 0. The first kappa shape index (κ1) is 40.0. The molecule has 0 amide bonds. The molecule has 0 unspecified atom stereocenters. The van der Waals surface area contributed by atoms with Gasteiger partial charge in [0.25, 0.3) is 0 Å². The van der Waals surface area contributed by atoms with Gasteiger partial charge in [-0.05, 0) is 133 Å². The highest BCUT2D eigenvalue weighted by Gasteiger charge is 2.26. The first-order valence-electron chi connectivity index (χ1n) is 21.4. The lowest BCUT2D eigenvalue weighted by Gasteiger charge is -2.28. The molecule has 8 aromatic carbocycles. The number of aryl methyl sites for hydroxylation is 6. The highest BCUT2D eigenvalue weighted by Crippen LogP contribution is 2.43. The molecule has 302 valence electrons. The largest absolute Gasteiger partial charge is 0.279 e. The van der Waals surface area contributed by atoms with E-state index in [1.807, 2.05) is 36.4 Å². The van der Waals surface area contributed by atoms with Gasteiger partial charge in [0.2, 0.25) is 5.95 Å². The number of hydrogen-bond acceptors (Lipinski definition) is 4. The predicted molar refractivity (Wildman–Crippen MR) is 259 cm³/mol.